The molecule has 8 nitrogen and oxygen atoms in total. The monoisotopic (exact) mass is 585 g/mol. The fraction of sp³-hybridized carbons (Fsp3) is 0.543. The molecule has 1 fully saturated rings. The minimum Gasteiger partial charge on any atom is -0.486 e. The molecule has 0 saturated carbocycles. The molecule has 2 unspecified atom stereocenters. The molecule has 0 spiro atoms. The zero-order valence-corrected chi connectivity index (χ0v) is 26.9. The van der Waals surface area contributed by atoms with E-state index in [0.717, 1.165) is 85.0 Å². The molecule has 230 valence electrons. The number of nitrogens with zero attached hydrogens (tertiary/aromatic N) is 4. The van der Waals surface area contributed by atoms with E-state index in [-0.39, 0.29) is 24.0 Å². The van der Waals surface area contributed by atoms with Gasteiger partial charge in [0.1, 0.15) is 17.2 Å². The van der Waals surface area contributed by atoms with Crippen molar-refractivity contribution in [2.24, 2.45) is 16.8 Å². The van der Waals surface area contributed by atoms with Crippen LogP contribution in [0.4, 0.5) is 5.82 Å². The van der Waals surface area contributed by atoms with Gasteiger partial charge in [-0.3, -0.25) is 14.5 Å². The molecule has 1 aromatic heterocycles. The number of fused-ring (bicyclic) bond motifs is 1. The molecule has 43 heavy (non-hydrogen) atoms. The Bertz CT molecular complexity index is 1420. The van der Waals surface area contributed by atoms with Gasteiger partial charge in [0, 0.05) is 73.8 Å². The number of anilines is 1. The number of hydrogen-bond donors (Lipinski definition) is 1. The summed E-state index contributed by atoms with van der Waals surface area (Å²) >= 11 is 0. The first-order valence-corrected chi connectivity index (χ1v) is 15.9. The number of aromatic nitrogens is 1. The van der Waals surface area contributed by atoms with Gasteiger partial charge in [0.15, 0.2) is 0 Å². The van der Waals surface area contributed by atoms with E-state index in [2.05, 4.69) is 73.8 Å². The molecule has 4 heterocycles. The second-order valence-corrected chi connectivity index (χ2v) is 13.1. The Labute approximate surface area is 256 Å². The van der Waals surface area contributed by atoms with Crippen molar-refractivity contribution in [3.05, 3.63) is 53.2 Å². The highest BCUT2D eigenvalue weighted by Crippen LogP contribution is 2.45. The average Bonchev–Trinajstić information content (AvgIpc) is 3.34. The molecule has 1 aromatic carbocycles. The zero-order chi connectivity index (χ0) is 30.9. The number of rotatable bonds is 9. The van der Waals surface area contributed by atoms with Crippen molar-refractivity contribution in [3.63, 3.8) is 0 Å². The van der Waals surface area contributed by atoms with Crippen LogP contribution < -0.4 is 15.0 Å². The molecule has 8 heteroatoms. The van der Waals surface area contributed by atoms with Gasteiger partial charge in [-0.2, -0.15) is 0 Å². The Hall–Kier alpha value is -3.52. The highest BCUT2D eigenvalue weighted by atomic mass is 16.5. The van der Waals surface area contributed by atoms with Gasteiger partial charge < -0.3 is 15.0 Å². The summed E-state index contributed by atoms with van der Waals surface area (Å²) in [6.07, 6.45) is 6.35. The molecule has 3 aliphatic heterocycles. The van der Waals surface area contributed by atoms with Crippen LogP contribution in [0.25, 0.3) is 11.1 Å². The third kappa shape index (κ3) is 6.54. The van der Waals surface area contributed by atoms with Crippen LogP contribution in [-0.4, -0.2) is 71.8 Å². The molecular formula is C35H47N5O3. The van der Waals surface area contributed by atoms with E-state index < -0.39 is 5.92 Å². The van der Waals surface area contributed by atoms with Gasteiger partial charge in [0.2, 0.25) is 0 Å². The number of amides is 2. The number of pyridine rings is 1. The number of nitrogens with one attached hydrogen (secondary N) is 1. The van der Waals surface area contributed by atoms with E-state index in [1.54, 1.807) is 0 Å². The van der Waals surface area contributed by atoms with Crippen LogP contribution in [0.15, 0.2) is 47.1 Å². The Morgan fingerprint density at radius 1 is 1.14 bits per heavy atom. The van der Waals surface area contributed by atoms with Crippen molar-refractivity contribution in [1.82, 2.24) is 15.2 Å². The molecule has 0 aliphatic carbocycles. The van der Waals surface area contributed by atoms with Crippen LogP contribution in [0.1, 0.15) is 77.2 Å². The third-order valence-corrected chi connectivity index (χ3v) is 9.39. The Balaban J connectivity index is 1.39. The highest BCUT2D eigenvalue weighted by molar-refractivity contribution is 6.06. The number of ether oxygens (including phenoxy) is 1. The molecule has 1 N–H and O–H groups in total. The van der Waals surface area contributed by atoms with Gasteiger partial charge in [-0.1, -0.05) is 32.8 Å². The van der Waals surface area contributed by atoms with Crippen LogP contribution in [0.3, 0.4) is 0 Å². The first kappa shape index (κ1) is 30.9. The Morgan fingerprint density at radius 2 is 1.88 bits per heavy atom. The van der Waals surface area contributed by atoms with E-state index in [1.165, 1.54) is 0 Å². The molecule has 5 rings (SSSR count). The van der Waals surface area contributed by atoms with Crippen LogP contribution in [0.5, 0.6) is 5.75 Å². The van der Waals surface area contributed by atoms with Crippen molar-refractivity contribution in [2.75, 3.05) is 37.6 Å². The predicted molar refractivity (Wildman–Crippen MR) is 173 cm³/mol. The minimum atomic E-state index is -0.423. The first-order valence-electron chi connectivity index (χ1n) is 15.9. The second-order valence-electron chi connectivity index (χ2n) is 13.1. The zero-order valence-electron chi connectivity index (χ0n) is 26.9. The lowest BCUT2D eigenvalue weighted by atomic mass is 9.87. The van der Waals surface area contributed by atoms with Gasteiger partial charge in [0.05, 0.1) is 5.92 Å². The van der Waals surface area contributed by atoms with Crippen molar-refractivity contribution in [3.8, 4) is 16.9 Å². The Kier molecular flexibility index (Phi) is 9.07. The fourth-order valence-electron chi connectivity index (χ4n) is 6.32. The number of carbonyl (C=O) groups excluding carboxylic acids is 2. The number of allylic oxidation sites excluding steroid dienone is 1. The van der Waals surface area contributed by atoms with Gasteiger partial charge in [0.25, 0.3) is 11.8 Å². The van der Waals surface area contributed by atoms with Gasteiger partial charge in [-0.15, -0.1) is 0 Å². The lowest BCUT2D eigenvalue weighted by molar-refractivity contribution is -0.120. The lowest BCUT2D eigenvalue weighted by Crippen LogP contribution is -2.49. The smallest absolute Gasteiger partial charge is 0.254 e. The van der Waals surface area contributed by atoms with E-state index in [1.807, 2.05) is 31.3 Å². The molecule has 2 atom stereocenters. The van der Waals surface area contributed by atoms with Crippen LogP contribution in [0.2, 0.25) is 0 Å². The average molecular weight is 586 g/mol. The molecule has 2 amide bonds. The van der Waals surface area contributed by atoms with Gasteiger partial charge >= 0.3 is 0 Å². The number of hydrogen-bond acceptors (Lipinski definition) is 6. The van der Waals surface area contributed by atoms with Crippen molar-refractivity contribution in [1.29, 1.82) is 0 Å². The number of benzene rings is 1. The van der Waals surface area contributed by atoms with Gasteiger partial charge in [-0.05, 0) is 75.9 Å². The highest BCUT2D eigenvalue weighted by Gasteiger charge is 2.40. The van der Waals surface area contributed by atoms with E-state index >= 15 is 0 Å². The van der Waals surface area contributed by atoms with Crippen molar-refractivity contribution in [2.45, 2.75) is 79.4 Å². The molecule has 0 radical (unpaired) electrons. The van der Waals surface area contributed by atoms with Gasteiger partial charge in [-0.25, -0.2) is 9.98 Å². The molecule has 3 aliphatic rings. The SMILES string of the molecule is CCCC1=CC(C)=NC(=O)C1CNC(=O)c1cc2c(c(-c3ccc(N4CCN(C(C)C)CC4)nc3)c1)OC(C)(C(C)C)C2. The standard InChI is InChI=1S/C35H47N5O3/c1-8-9-25-16-24(6)38-34(42)30(25)21-37-33(41)27-17-28-19-35(7,22(2)3)43-32(28)29(18-27)26-10-11-31(36-20-26)40-14-12-39(13-15-40)23(4)5/h10-11,16-18,20,22-23,30H,8-9,12-15,19,21H2,1-7H3,(H,37,41). The minimum absolute atomic E-state index is 0.184. The maximum atomic E-state index is 13.6. The van der Waals surface area contributed by atoms with Crippen LogP contribution in [0, 0.1) is 11.8 Å². The summed E-state index contributed by atoms with van der Waals surface area (Å²) in [5.41, 5.74) is 4.77. The summed E-state index contributed by atoms with van der Waals surface area (Å²) < 4.78 is 6.63. The summed E-state index contributed by atoms with van der Waals surface area (Å²) in [5.74, 6) is 1.28. The third-order valence-electron chi connectivity index (χ3n) is 9.39. The first-order chi connectivity index (χ1) is 20.5. The molecule has 2 aromatic rings. The number of aliphatic imine (C=N–C) groups is 1. The fourth-order valence-corrected chi connectivity index (χ4v) is 6.32. The normalized spacial score (nSPS) is 22.4. The van der Waals surface area contributed by atoms with Crippen molar-refractivity contribution < 1.29 is 14.3 Å². The van der Waals surface area contributed by atoms with Crippen LogP contribution in [-0.2, 0) is 11.2 Å². The summed E-state index contributed by atoms with van der Waals surface area (Å²) in [7, 11) is 0. The summed E-state index contributed by atoms with van der Waals surface area (Å²) in [6, 6.07) is 8.58. The lowest BCUT2D eigenvalue weighted by Gasteiger charge is -2.37. The Morgan fingerprint density at radius 3 is 2.51 bits per heavy atom. The summed E-state index contributed by atoms with van der Waals surface area (Å²) in [4.78, 5) is 40.2. The second kappa shape index (κ2) is 12.6. The quantitative estimate of drug-likeness (QED) is 0.406. The number of dihydropyridines is 1. The molecular weight excluding hydrogens is 538 g/mol. The summed E-state index contributed by atoms with van der Waals surface area (Å²) in [6.45, 7) is 19.1. The largest absolute Gasteiger partial charge is 0.486 e. The van der Waals surface area contributed by atoms with Crippen LogP contribution >= 0.6 is 0 Å². The predicted octanol–water partition coefficient (Wildman–Crippen LogP) is 5.70. The van der Waals surface area contributed by atoms with E-state index in [0.29, 0.717) is 17.5 Å². The molecule has 1 saturated heterocycles. The van der Waals surface area contributed by atoms with E-state index in [9.17, 15) is 9.59 Å². The topological polar surface area (TPSA) is 87.1 Å². The number of piperazine rings is 1. The van der Waals surface area contributed by atoms with E-state index in [4.69, 9.17) is 9.72 Å². The summed E-state index contributed by atoms with van der Waals surface area (Å²) in [5, 5.41) is 3.04. The number of carbonyl (C=O) groups is 2. The maximum Gasteiger partial charge on any atom is 0.254 e. The maximum absolute atomic E-state index is 13.6. The van der Waals surface area contributed by atoms with Crippen molar-refractivity contribution >= 4 is 23.3 Å². The molecule has 0 bridgehead atoms.